The molecule has 21 heavy (non-hydrogen) atoms. The molecule has 0 saturated carbocycles. The van der Waals surface area contributed by atoms with Crippen LogP contribution in [0, 0.1) is 5.92 Å². The number of ether oxygens (including phenoxy) is 1. The average Bonchev–Trinajstić information content (AvgIpc) is 2.42. The molecule has 7 nitrogen and oxygen atoms in total. The van der Waals surface area contributed by atoms with E-state index < -0.39 is 28.0 Å². The largest absolute Gasteiger partial charge is 0.379 e. The molecule has 2 atom stereocenters. The summed E-state index contributed by atoms with van der Waals surface area (Å²) >= 11 is 0. The number of hydrogen-bond acceptors (Lipinski definition) is 5. The van der Waals surface area contributed by atoms with Crippen LogP contribution in [0.1, 0.15) is 20.8 Å². The SMILES string of the molecule is CO[C@@H](C)[C@H](NC(=O)N1CCS(=O)(=O)CC1)C(=O)C(C)C. The minimum absolute atomic E-state index is 0.0386. The van der Waals surface area contributed by atoms with Crippen LogP contribution in [0.5, 0.6) is 0 Å². The Hall–Kier alpha value is -1.15. The predicted octanol–water partition coefficient (Wildman–Crippen LogP) is 0.0550. The highest BCUT2D eigenvalue weighted by atomic mass is 32.2. The fourth-order valence-electron chi connectivity index (χ4n) is 2.05. The molecule has 1 aliphatic heterocycles. The van der Waals surface area contributed by atoms with Crippen molar-refractivity contribution in [1.82, 2.24) is 10.2 Å². The number of Topliss-reactive ketones (excluding diaryl/α,β-unsaturated/α-hetero) is 1. The van der Waals surface area contributed by atoms with Crippen molar-refractivity contribution >= 4 is 21.7 Å². The first kappa shape index (κ1) is 17.9. The molecule has 0 aliphatic carbocycles. The lowest BCUT2D eigenvalue weighted by molar-refractivity contribution is -0.126. The van der Waals surface area contributed by atoms with Gasteiger partial charge in [-0.3, -0.25) is 4.79 Å². The Kier molecular flexibility index (Phi) is 6.15. The van der Waals surface area contributed by atoms with Crippen molar-refractivity contribution in [2.45, 2.75) is 32.9 Å². The summed E-state index contributed by atoms with van der Waals surface area (Å²) < 4.78 is 27.9. The lowest BCUT2D eigenvalue weighted by atomic mass is 9.98. The summed E-state index contributed by atoms with van der Waals surface area (Å²) in [6.45, 7) is 5.54. The second-order valence-electron chi connectivity index (χ2n) is 5.56. The average molecular weight is 320 g/mol. The van der Waals surface area contributed by atoms with E-state index in [0.717, 1.165) is 0 Å². The fraction of sp³-hybridized carbons (Fsp3) is 0.846. The van der Waals surface area contributed by atoms with E-state index >= 15 is 0 Å². The van der Waals surface area contributed by atoms with Gasteiger partial charge in [0.1, 0.15) is 6.04 Å². The van der Waals surface area contributed by atoms with Gasteiger partial charge in [-0.1, -0.05) is 13.8 Å². The van der Waals surface area contributed by atoms with Gasteiger partial charge in [-0.25, -0.2) is 13.2 Å². The summed E-state index contributed by atoms with van der Waals surface area (Å²) in [5, 5.41) is 2.66. The van der Waals surface area contributed by atoms with Crippen molar-refractivity contribution in [2.75, 3.05) is 31.7 Å². The van der Waals surface area contributed by atoms with Crippen LogP contribution in [0.4, 0.5) is 4.79 Å². The van der Waals surface area contributed by atoms with Crippen LogP contribution in [0.15, 0.2) is 0 Å². The summed E-state index contributed by atoms with van der Waals surface area (Å²) in [5.74, 6) is -0.413. The van der Waals surface area contributed by atoms with Gasteiger partial charge in [0, 0.05) is 26.1 Å². The highest BCUT2D eigenvalue weighted by Crippen LogP contribution is 2.09. The molecule has 0 bridgehead atoms. The summed E-state index contributed by atoms with van der Waals surface area (Å²) in [7, 11) is -1.56. The first-order chi connectivity index (χ1) is 9.68. The molecule has 1 rings (SSSR count). The molecule has 1 saturated heterocycles. The van der Waals surface area contributed by atoms with E-state index in [4.69, 9.17) is 4.74 Å². The van der Waals surface area contributed by atoms with E-state index in [-0.39, 0.29) is 36.3 Å². The maximum atomic E-state index is 12.2. The van der Waals surface area contributed by atoms with E-state index in [1.807, 2.05) is 0 Å². The van der Waals surface area contributed by atoms with Crippen LogP contribution in [-0.4, -0.2) is 69.0 Å². The monoisotopic (exact) mass is 320 g/mol. The van der Waals surface area contributed by atoms with Gasteiger partial charge in [-0.05, 0) is 6.92 Å². The van der Waals surface area contributed by atoms with Gasteiger partial charge in [0.15, 0.2) is 15.6 Å². The maximum absolute atomic E-state index is 12.2. The Labute approximate surface area is 125 Å². The summed E-state index contributed by atoms with van der Waals surface area (Å²) in [6.07, 6.45) is -0.447. The number of methoxy groups -OCH3 is 1. The lowest BCUT2D eigenvalue weighted by Gasteiger charge is -2.31. The number of amides is 2. The number of urea groups is 1. The molecule has 0 spiro atoms. The Morgan fingerprint density at radius 1 is 1.14 bits per heavy atom. The number of carbonyl (C=O) groups is 2. The van der Waals surface area contributed by atoms with Gasteiger partial charge in [0.25, 0.3) is 0 Å². The molecule has 0 aromatic rings. The summed E-state index contributed by atoms with van der Waals surface area (Å²) in [4.78, 5) is 25.8. The molecule has 0 unspecified atom stereocenters. The van der Waals surface area contributed by atoms with Crippen molar-refractivity contribution < 1.29 is 22.7 Å². The molecule has 1 heterocycles. The van der Waals surface area contributed by atoms with E-state index in [0.29, 0.717) is 0 Å². The Bertz CT molecular complexity index is 475. The molecular weight excluding hydrogens is 296 g/mol. The van der Waals surface area contributed by atoms with Crippen LogP contribution in [0.3, 0.4) is 0 Å². The zero-order chi connectivity index (χ0) is 16.2. The smallest absolute Gasteiger partial charge is 0.318 e. The molecule has 1 fully saturated rings. The number of carbonyl (C=O) groups excluding carboxylic acids is 2. The Balaban J connectivity index is 2.71. The van der Waals surface area contributed by atoms with Gasteiger partial charge < -0.3 is 15.0 Å². The van der Waals surface area contributed by atoms with E-state index in [9.17, 15) is 18.0 Å². The number of ketones is 1. The molecule has 1 N–H and O–H groups in total. The van der Waals surface area contributed by atoms with Crippen LogP contribution >= 0.6 is 0 Å². The van der Waals surface area contributed by atoms with Crippen molar-refractivity contribution in [3.63, 3.8) is 0 Å². The van der Waals surface area contributed by atoms with Gasteiger partial charge in [-0.15, -0.1) is 0 Å². The second-order valence-corrected chi connectivity index (χ2v) is 7.87. The van der Waals surface area contributed by atoms with Gasteiger partial charge in [0.05, 0.1) is 17.6 Å². The molecule has 122 valence electrons. The number of nitrogens with one attached hydrogen (secondary N) is 1. The molecule has 0 aromatic heterocycles. The molecule has 0 aromatic carbocycles. The highest BCUT2D eigenvalue weighted by molar-refractivity contribution is 7.91. The summed E-state index contributed by atoms with van der Waals surface area (Å²) in [6, 6.07) is -1.16. The molecular formula is C13H24N2O5S. The normalized spacial score (nSPS) is 20.9. The molecule has 2 amide bonds. The van der Waals surface area contributed by atoms with Gasteiger partial charge >= 0.3 is 6.03 Å². The van der Waals surface area contributed by atoms with Crippen molar-refractivity contribution in [1.29, 1.82) is 0 Å². The topological polar surface area (TPSA) is 92.8 Å². The van der Waals surface area contributed by atoms with Gasteiger partial charge in [-0.2, -0.15) is 0 Å². The maximum Gasteiger partial charge on any atom is 0.318 e. The third-order valence-electron chi connectivity index (χ3n) is 3.63. The van der Waals surface area contributed by atoms with Crippen LogP contribution in [0.2, 0.25) is 0 Å². The molecule has 8 heteroatoms. The highest BCUT2D eigenvalue weighted by Gasteiger charge is 2.32. The van der Waals surface area contributed by atoms with Crippen LogP contribution in [-0.2, 0) is 19.4 Å². The quantitative estimate of drug-likeness (QED) is 0.773. The van der Waals surface area contributed by atoms with Crippen molar-refractivity contribution in [3.05, 3.63) is 0 Å². The minimum Gasteiger partial charge on any atom is -0.379 e. The standard InChI is InChI=1S/C13H24N2O5S/c1-9(2)12(16)11(10(3)20-4)14-13(17)15-5-7-21(18,19)8-6-15/h9-11H,5-8H2,1-4H3,(H,14,17)/t10-,11-/m0/s1. The first-order valence-corrected chi connectivity index (χ1v) is 8.82. The number of rotatable bonds is 5. The number of hydrogen-bond donors (Lipinski definition) is 1. The Morgan fingerprint density at radius 3 is 2.10 bits per heavy atom. The van der Waals surface area contributed by atoms with Crippen molar-refractivity contribution in [3.8, 4) is 0 Å². The second kappa shape index (κ2) is 7.22. The zero-order valence-electron chi connectivity index (χ0n) is 13.0. The molecule has 1 aliphatic rings. The lowest BCUT2D eigenvalue weighted by Crippen LogP contribution is -2.56. The predicted molar refractivity (Wildman–Crippen MR) is 78.9 cm³/mol. The van der Waals surface area contributed by atoms with E-state index in [1.165, 1.54) is 12.0 Å². The zero-order valence-corrected chi connectivity index (χ0v) is 13.8. The van der Waals surface area contributed by atoms with Crippen LogP contribution in [0.25, 0.3) is 0 Å². The first-order valence-electron chi connectivity index (χ1n) is 7.00. The Morgan fingerprint density at radius 2 is 1.67 bits per heavy atom. The van der Waals surface area contributed by atoms with E-state index in [2.05, 4.69) is 5.32 Å². The number of sulfone groups is 1. The summed E-state index contributed by atoms with van der Waals surface area (Å²) in [5.41, 5.74) is 0. The third kappa shape index (κ3) is 4.96. The third-order valence-corrected chi connectivity index (χ3v) is 5.24. The molecule has 0 radical (unpaired) electrons. The van der Waals surface area contributed by atoms with Gasteiger partial charge in [0.2, 0.25) is 0 Å². The fourth-order valence-corrected chi connectivity index (χ4v) is 3.26. The number of nitrogens with zero attached hydrogens (tertiary/aromatic N) is 1. The van der Waals surface area contributed by atoms with Crippen LogP contribution < -0.4 is 5.32 Å². The minimum atomic E-state index is -3.04. The van der Waals surface area contributed by atoms with E-state index in [1.54, 1.807) is 20.8 Å². The van der Waals surface area contributed by atoms with Crippen molar-refractivity contribution in [2.24, 2.45) is 5.92 Å².